The van der Waals surface area contributed by atoms with Crippen LogP contribution >= 0.6 is 0 Å². The number of rotatable bonds is 10. The first kappa shape index (κ1) is 24.5. The Balaban J connectivity index is 1.39. The second-order valence-corrected chi connectivity index (χ2v) is 9.44. The van der Waals surface area contributed by atoms with Gasteiger partial charge in [-0.05, 0) is 49.3 Å². The van der Waals surface area contributed by atoms with E-state index in [0.29, 0.717) is 23.7 Å². The summed E-state index contributed by atoms with van der Waals surface area (Å²) in [6.45, 7) is 2.29. The number of aromatic hydroxyl groups is 1. The first-order valence-corrected chi connectivity index (χ1v) is 12.4. The van der Waals surface area contributed by atoms with Gasteiger partial charge in [-0.15, -0.1) is 5.10 Å². The number of benzene rings is 1. The van der Waals surface area contributed by atoms with Gasteiger partial charge in [0.2, 0.25) is 0 Å². The molecule has 9 nitrogen and oxygen atoms in total. The van der Waals surface area contributed by atoms with Crippen LogP contribution in [-0.4, -0.2) is 33.2 Å². The number of methoxy groups -OCH3 is 1. The number of nitrogens with zero attached hydrogens (tertiary/aromatic N) is 3. The molecule has 0 saturated heterocycles. The van der Waals surface area contributed by atoms with Gasteiger partial charge < -0.3 is 18.7 Å². The van der Waals surface area contributed by atoms with E-state index in [9.17, 15) is 14.7 Å². The highest BCUT2D eigenvalue weighted by atomic mass is 16.5. The Hall–Kier alpha value is -4.14. The predicted molar refractivity (Wildman–Crippen MR) is 134 cm³/mol. The van der Waals surface area contributed by atoms with Crippen LogP contribution < -0.4 is 5.63 Å². The van der Waals surface area contributed by atoms with Gasteiger partial charge in [-0.25, -0.2) is 14.3 Å². The van der Waals surface area contributed by atoms with E-state index in [1.165, 1.54) is 18.0 Å². The number of hydrogen-bond acceptors (Lipinski definition) is 8. The van der Waals surface area contributed by atoms with Gasteiger partial charge in [0.25, 0.3) is 0 Å². The number of ether oxygens (including phenoxy) is 1. The van der Waals surface area contributed by atoms with Crippen molar-refractivity contribution in [2.45, 2.75) is 51.0 Å². The molecule has 3 aromatic heterocycles. The number of hydrogen-bond donors (Lipinski definition) is 1. The summed E-state index contributed by atoms with van der Waals surface area (Å²) in [6, 6.07) is 15.2. The van der Waals surface area contributed by atoms with Crippen molar-refractivity contribution in [3.8, 4) is 5.75 Å². The second kappa shape index (κ2) is 10.5. The van der Waals surface area contributed by atoms with Crippen molar-refractivity contribution in [3.63, 3.8) is 0 Å². The lowest BCUT2D eigenvalue weighted by atomic mass is 9.90. The predicted octanol–water partition coefficient (Wildman–Crippen LogP) is 4.64. The zero-order valence-electron chi connectivity index (χ0n) is 20.8. The average molecular weight is 504 g/mol. The van der Waals surface area contributed by atoms with Crippen molar-refractivity contribution >= 4 is 5.97 Å². The molecule has 192 valence electrons. The summed E-state index contributed by atoms with van der Waals surface area (Å²) in [5.41, 5.74) is 0.946. The van der Waals surface area contributed by atoms with Gasteiger partial charge in [0, 0.05) is 12.0 Å². The van der Waals surface area contributed by atoms with Gasteiger partial charge in [0.05, 0.1) is 24.8 Å². The molecule has 0 aliphatic heterocycles. The number of furan rings is 1. The Kier molecular flexibility index (Phi) is 6.94. The van der Waals surface area contributed by atoms with E-state index in [-0.39, 0.29) is 35.4 Å². The Morgan fingerprint density at radius 3 is 2.62 bits per heavy atom. The first-order chi connectivity index (χ1) is 18.0. The maximum atomic E-state index is 13.2. The zero-order chi connectivity index (χ0) is 25.9. The quantitative estimate of drug-likeness (QED) is 0.311. The molecule has 1 aromatic carbocycles. The van der Waals surface area contributed by atoms with Crippen molar-refractivity contribution in [1.29, 1.82) is 0 Å². The van der Waals surface area contributed by atoms with Crippen molar-refractivity contribution in [2.75, 3.05) is 7.11 Å². The third-order valence-electron chi connectivity index (χ3n) is 6.85. The summed E-state index contributed by atoms with van der Waals surface area (Å²) in [7, 11) is 1.28. The van der Waals surface area contributed by atoms with Crippen LogP contribution in [0.25, 0.3) is 0 Å². The lowest BCUT2D eigenvalue weighted by molar-refractivity contribution is 0.0594. The van der Waals surface area contributed by atoms with Crippen LogP contribution in [0.3, 0.4) is 0 Å². The number of carbonyl (C=O) groups excluding carboxylic acids is 1. The zero-order valence-corrected chi connectivity index (χ0v) is 20.8. The molecule has 0 spiro atoms. The van der Waals surface area contributed by atoms with Gasteiger partial charge in [-0.1, -0.05) is 42.5 Å². The number of aromatic nitrogens is 3. The number of carbonyl (C=O) groups is 1. The molecule has 2 atom stereocenters. The second-order valence-electron chi connectivity index (χ2n) is 9.44. The fourth-order valence-electron chi connectivity index (χ4n) is 4.76. The van der Waals surface area contributed by atoms with Gasteiger partial charge in [0.15, 0.2) is 5.69 Å². The van der Waals surface area contributed by atoms with Crippen molar-refractivity contribution in [2.24, 2.45) is 5.92 Å². The molecule has 1 saturated carbocycles. The fourth-order valence-corrected chi connectivity index (χ4v) is 4.76. The minimum Gasteiger partial charge on any atom is -0.507 e. The summed E-state index contributed by atoms with van der Waals surface area (Å²) < 4.78 is 18.0. The van der Waals surface area contributed by atoms with Crippen molar-refractivity contribution < 1.29 is 23.5 Å². The summed E-state index contributed by atoms with van der Waals surface area (Å²) in [5.74, 6) is 0.763. The molecule has 3 heterocycles. The van der Waals surface area contributed by atoms with Crippen LogP contribution in [-0.2, 0) is 17.7 Å². The third kappa shape index (κ3) is 5.35. The highest BCUT2D eigenvalue weighted by Crippen LogP contribution is 2.48. The molecule has 2 unspecified atom stereocenters. The molecule has 9 heteroatoms. The summed E-state index contributed by atoms with van der Waals surface area (Å²) in [6.07, 6.45) is 4.82. The van der Waals surface area contributed by atoms with E-state index in [2.05, 4.69) is 15.0 Å². The van der Waals surface area contributed by atoms with Gasteiger partial charge in [-0.2, -0.15) is 0 Å². The molecular weight excluding hydrogens is 474 g/mol. The number of esters is 1. The van der Waals surface area contributed by atoms with Crippen molar-refractivity contribution in [3.05, 3.63) is 99.2 Å². The highest BCUT2D eigenvalue weighted by molar-refractivity contribution is 5.86. The van der Waals surface area contributed by atoms with Crippen LogP contribution in [0, 0.1) is 5.92 Å². The van der Waals surface area contributed by atoms with E-state index < -0.39 is 17.5 Å². The molecule has 0 radical (unpaired) electrons. The lowest BCUT2D eigenvalue weighted by Gasteiger charge is -2.18. The van der Waals surface area contributed by atoms with Gasteiger partial charge in [0.1, 0.15) is 29.6 Å². The minimum atomic E-state index is -0.570. The Bertz CT molecular complexity index is 1430. The topological polar surface area (TPSA) is 121 Å². The summed E-state index contributed by atoms with van der Waals surface area (Å²) in [4.78, 5) is 24.9. The van der Waals surface area contributed by atoms with Crippen molar-refractivity contribution in [1.82, 2.24) is 15.0 Å². The van der Waals surface area contributed by atoms with E-state index in [1.807, 2.05) is 43.3 Å². The van der Waals surface area contributed by atoms with Crippen LogP contribution in [0.4, 0.5) is 0 Å². The summed E-state index contributed by atoms with van der Waals surface area (Å²) >= 11 is 0. The van der Waals surface area contributed by atoms with E-state index in [4.69, 9.17) is 8.83 Å². The molecule has 0 bridgehead atoms. The van der Waals surface area contributed by atoms with E-state index in [0.717, 1.165) is 24.8 Å². The molecule has 1 N–H and O–H groups in total. The van der Waals surface area contributed by atoms with E-state index in [1.54, 1.807) is 12.1 Å². The average Bonchev–Trinajstić information content (AvgIpc) is 3.45. The Morgan fingerprint density at radius 2 is 1.95 bits per heavy atom. The molecule has 1 aliphatic rings. The Morgan fingerprint density at radius 1 is 1.16 bits per heavy atom. The SMILES string of the molecule is CCC(Cc1ccccc1)c1cc(O)c(C(c2ccc(Cn3cc(C(=O)OC)nn3)o2)C2CC2)c(=O)o1. The normalized spacial score (nSPS) is 14.9. The Labute approximate surface area is 213 Å². The minimum absolute atomic E-state index is 0.0257. The highest BCUT2D eigenvalue weighted by Gasteiger charge is 2.39. The molecular formula is C28H29N3O6. The molecule has 1 fully saturated rings. The smallest absolute Gasteiger partial charge is 0.360 e. The van der Waals surface area contributed by atoms with E-state index >= 15 is 0 Å². The monoisotopic (exact) mass is 503 g/mol. The maximum absolute atomic E-state index is 13.2. The molecule has 4 aromatic rings. The lowest BCUT2D eigenvalue weighted by Crippen LogP contribution is -2.17. The maximum Gasteiger partial charge on any atom is 0.360 e. The third-order valence-corrected chi connectivity index (χ3v) is 6.85. The first-order valence-electron chi connectivity index (χ1n) is 12.4. The molecule has 37 heavy (non-hydrogen) atoms. The fraction of sp³-hybridized carbons (Fsp3) is 0.357. The molecule has 1 aliphatic carbocycles. The standard InChI is InChI=1S/C28H29N3O6/c1-3-18(13-17-7-5-4-6-8-17)24-14-22(32)26(28(34)37-24)25(19-9-10-19)23-12-11-20(36-23)15-31-16-21(29-30-31)27(33)35-2/h4-8,11-12,14,16,18-19,25,32H,3,9-10,13,15H2,1-2H3. The van der Waals surface area contributed by atoms with Gasteiger partial charge >= 0.3 is 11.6 Å². The van der Waals surface area contributed by atoms with Crippen LogP contribution in [0.2, 0.25) is 0 Å². The largest absolute Gasteiger partial charge is 0.507 e. The molecule has 0 amide bonds. The molecule has 5 rings (SSSR count). The van der Waals surface area contributed by atoms with Crippen LogP contribution in [0.15, 0.2) is 68.4 Å². The van der Waals surface area contributed by atoms with Gasteiger partial charge in [-0.3, -0.25) is 0 Å². The van der Waals surface area contributed by atoms with Crippen LogP contribution in [0.5, 0.6) is 5.75 Å². The van der Waals surface area contributed by atoms with Crippen LogP contribution in [0.1, 0.15) is 76.9 Å². The summed E-state index contributed by atoms with van der Waals surface area (Å²) in [5, 5.41) is 18.8.